The van der Waals surface area contributed by atoms with E-state index in [4.69, 9.17) is 0 Å². The maximum Gasteiger partial charge on any atom is 0.573 e. The number of hydrogen-bond donors (Lipinski definition) is 2. The molecule has 0 radical (unpaired) electrons. The molecule has 4 rings (SSSR count). The molecular weight excluding hydrogens is 468 g/mol. The summed E-state index contributed by atoms with van der Waals surface area (Å²) in [6, 6.07) is 7.84. The summed E-state index contributed by atoms with van der Waals surface area (Å²) in [4.78, 5) is 14.6. The van der Waals surface area contributed by atoms with Gasteiger partial charge in [0, 0.05) is 43.0 Å². The van der Waals surface area contributed by atoms with E-state index < -0.39 is 30.0 Å². The van der Waals surface area contributed by atoms with Crippen molar-refractivity contribution in [3.05, 3.63) is 58.9 Å². The van der Waals surface area contributed by atoms with Crippen molar-refractivity contribution in [3.8, 4) is 5.75 Å². The molecule has 1 fully saturated rings. The zero-order valence-electron chi connectivity index (χ0n) is 19.3. The molecule has 1 saturated heterocycles. The van der Waals surface area contributed by atoms with Gasteiger partial charge >= 0.3 is 12.4 Å². The van der Waals surface area contributed by atoms with Gasteiger partial charge in [0.25, 0.3) is 0 Å². The Morgan fingerprint density at radius 3 is 2.43 bits per heavy atom. The molecule has 0 spiro atoms. The van der Waals surface area contributed by atoms with Gasteiger partial charge in [-0.3, -0.25) is 0 Å². The van der Waals surface area contributed by atoms with Gasteiger partial charge in [0.1, 0.15) is 11.6 Å². The number of halogens is 4. The van der Waals surface area contributed by atoms with Gasteiger partial charge in [-0.05, 0) is 49.9 Å². The third-order valence-electron chi connectivity index (χ3n) is 6.17. The fourth-order valence-corrected chi connectivity index (χ4v) is 4.39. The molecule has 2 N–H and O–H groups in total. The van der Waals surface area contributed by atoms with Crippen LogP contribution in [0.25, 0.3) is 0 Å². The van der Waals surface area contributed by atoms with E-state index in [0.717, 1.165) is 11.8 Å². The minimum atomic E-state index is -4.99. The van der Waals surface area contributed by atoms with E-state index in [2.05, 4.69) is 20.1 Å². The molecule has 2 aromatic carbocycles. The SMILES string of the molecule is CNC(=O)N1N=C(c2ccc(N3CCC(O)CC3)cc2)c2cc(OC(F)(F)F)cc(F)c2CC1C. The van der Waals surface area contributed by atoms with Crippen molar-refractivity contribution in [1.29, 1.82) is 0 Å². The van der Waals surface area contributed by atoms with E-state index in [1.807, 2.05) is 12.1 Å². The zero-order chi connectivity index (χ0) is 25.3. The fraction of sp³-hybridized carbons (Fsp3) is 0.417. The summed E-state index contributed by atoms with van der Waals surface area (Å²) in [5.74, 6) is -1.57. The Morgan fingerprint density at radius 1 is 1.17 bits per heavy atom. The van der Waals surface area contributed by atoms with Crippen molar-refractivity contribution in [2.75, 3.05) is 25.0 Å². The molecule has 1 atom stereocenters. The number of anilines is 1. The number of rotatable bonds is 3. The number of nitrogens with one attached hydrogen (secondary N) is 1. The number of aliphatic hydroxyl groups is 1. The summed E-state index contributed by atoms with van der Waals surface area (Å²) in [6.45, 7) is 3.06. The van der Waals surface area contributed by atoms with Crippen LogP contribution in [0.5, 0.6) is 5.75 Å². The van der Waals surface area contributed by atoms with Crippen LogP contribution in [0.1, 0.15) is 36.5 Å². The largest absolute Gasteiger partial charge is 0.573 e. The van der Waals surface area contributed by atoms with E-state index in [0.29, 0.717) is 37.6 Å². The van der Waals surface area contributed by atoms with Crippen LogP contribution in [0.4, 0.5) is 28.0 Å². The van der Waals surface area contributed by atoms with Gasteiger partial charge in [-0.2, -0.15) is 5.10 Å². The smallest absolute Gasteiger partial charge is 0.406 e. The Kier molecular flexibility index (Phi) is 6.88. The monoisotopic (exact) mass is 494 g/mol. The number of urea groups is 1. The summed E-state index contributed by atoms with van der Waals surface area (Å²) in [5.41, 5.74) is 1.83. The molecule has 188 valence electrons. The first kappa shape index (κ1) is 24.8. The van der Waals surface area contributed by atoms with Gasteiger partial charge in [0.15, 0.2) is 0 Å². The van der Waals surface area contributed by atoms with Crippen LogP contribution in [-0.4, -0.2) is 60.5 Å². The van der Waals surface area contributed by atoms with E-state index in [9.17, 15) is 23.1 Å². The molecule has 0 aliphatic carbocycles. The molecular formula is C24H26F4N4O3. The van der Waals surface area contributed by atoms with Crippen LogP contribution in [0.2, 0.25) is 0 Å². The molecule has 7 nitrogen and oxygen atoms in total. The number of aliphatic hydroxyl groups excluding tert-OH is 1. The lowest BCUT2D eigenvalue weighted by atomic mass is 9.93. The molecule has 2 aromatic rings. The number of benzene rings is 2. The number of hydrogen-bond acceptors (Lipinski definition) is 5. The summed E-state index contributed by atoms with van der Waals surface area (Å²) in [6.07, 6.45) is -3.96. The second kappa shape index (κ2) is 9.73. The van der Waals surface area contributed by atoms with Crippen molar-refractivity contribution in [2.24, 2.45) is 5.10 Å². The van der Waals surface area contributed by atoms with Crippen molar-refractivity contribution in [1.82, 2.24) is 10.3 Å². The van der Waals surface area contributed by atoms with E-state index in [1.54, 1.807) is 19.1 Å². The van der Waals surface area contributed by atoms with Gasteiger partial charge in [-0.15, -0.1) is 13.2 Å². The van der Waals surface area contributed by atoms with Crippen LogP contribution in [0, 0.1) is 5.82 Å². The maximum atomic E-state index is 15.1. The molecule has 0 bridgehead atoms. The number of alkyl halides is 3. The molecule has 2 amide bonds. The Balaban J connectivity index is 1.78. The normalized spacial score (nSPS) is 19.1. The predicted octanol–water partition coefficient (Wildman–Crippen LogP) is 4.02. The molecule has 0 saturated carbocycles. The predicted molar refractivity (Wildman–Crippen MR) is 122 cm³/mol. The van der Waals surface area contributed by atoms with E-state index in [1.165, 1.54) is 12.1 Å². The Bertz CT molecular complexity index is 1110. The highest BCUT2D eigenvalue weighted by atomic mass is 19.4. The quantitative estimate of drug-likeness (QED) is 0.632. The van der Waals surface area contributed by atoms with Crippen LogP contribution < -0.4 is 15.0 Å². The first-order valence-electron chi connectivity index (χ1n) is 11.3. The Morgan fingerprint density at radius 2 is 1.83 bits per heavy atom. The van der Waals surface area contributed by atoms with Crippen LogP contribution in [0.3, 0.4) is 0 Å². The lowest BCUT2D eigenvalue weighted by Crippen LogP contribution is -2.41. The first-order chi connectivity index (χ1) is 16.6. The number of amides is 2. The van der Waals surface area contributed by atoms with Crippen molar-refractivity contribution >= 4 is 17.4 Å². The Labute approximate surface area is 200 Å². The van der Waals surface area contributed by atoms with Crippen molar-refractivity contribution < 1.29 is 32.2 Å². The molecule has 0 aromatic heterocycles. The summed E-state index contributed by atoms with van der Waals surface area (Å²) >= 11 is 0. The highest BCUT2D eigenvalue weighted by molar-refractivity contribution is 6.14. The van der Waals surface area contributed by atoms with Gasteiger partial charge < -0.3 is 20.1 Å². The van der Waals surface area contributed by atoms with E-state index in [-0.39, 0.29) is 29.4 Å². The molecule has 2 aliphatic heterocycles. The highest BCUT2D eigenvalue weighted by Crippen LogP contribution is 2.32. The fourth-order valence-electron chi connectivity index (χ4n) is 4.39. The number of carbonyl (C=O) groups excluding carboxylic acids is 1. The lowest BCUT2D eigenvalue weighted by Gasteiger charge is -2.31. The summed E-state index contributed by atoms with van der Waals surface area (Å²) in [7, 11) is 1.43. The molecule has 11 heteroatoms. The second-order valence-corrected chi connectivity index (χ2v) is 8.65. The third kappa shape index (κ3) is 5.50. The Hall–Kier alpha value is -3.34. The van der Waals surface area contributed by atoms with E-state index >= 15 is 4.39 Å². The summed E-state index contributed by atoms with van der Waals surface area (Å²) < 4.78 is 57.6. The van der Waals surface area contributed by atoms with Gasteiger partial charge in [0.2, 0.25) is 0 Å². The number of nitrogens with zero attached hydrogens (tertiary/aromatic N) is 3. The zero-order valence-corrected chi connectivity index (χ0v) is 19.3. The number of carbonyl (C=O) groups is 1. The lowest BCUT2D eigenvalue weighted by molar-refractivity contribution is -0.274. The van der Waals surface area contributed by atoms with Gasteiger partial charge in [0.05, 0.1) is 17.9 Å². The molecule has 2 aliphatic rings. The highest BCUT2D eigenvalue weighted by Gasteiger charge is 2.34. The average Bonchev–Trinajstić information content (AvgIpc) is 2.95. The standard InChI is InChI=1S/C24H26F4N4O3/c1-14-11-19-20(12-18(13-21(19)25)35-24(26,27)28)22(30-32(14)23(34)29-2)15-3-5-16(6-4-15)31-9-7-17(33)8-10-31/h3-6,12-14,17,33H,7-11H2,1-2H3,(H,29,34). The molecule has 35 heavy (non-hydrogen) atoms. The van der Waals surface area contributed by atoms with Crippen LogP contribution in [-0.2, 0) is 6.42 Å². The van der Waals surface area contributed by atoms with Crippen LogP contribution in [0.15, 0.2) is 41.5 Å². The van der Waals surface area contributed by atoms with Gasteiger partial charge in [-0.1, -0.05) is 12.1 Å². The van der Waals surface area contributed by atoms with Crippen molar-refractivity contribution in [3.63, 3.8) is 0 Å². The number of hydrazone groups is 1. The number of piperidine rings is 1. The minimum absolute atomic E-state index is 0.0437. The number of fused-ring (bicyclic) bond motifs is 1. The first-order valence-corrected chi connectivity index (χ1v) is 11.3. The van der Waals surface area contributed by atoms with Gasteiger partial charge in [-0.25, -0.2) is 14.2 Å². The minimum Gasteiger partial charge on any atom is -0.406 e. The van der Waals surface area contributed by atoms with Crippen molar-refractivity contribution in [2.45, 2.75) is 44.7 Å². The number of ether oxygens (including phenoxy) is 1. The van der Waals surface area contributed by atoms with Crippen LogP contribution >= 0.6 is 0 Å². The third-order valence-corrected chi connectivity index (χ3v) is 6.17. The second-order valence-electron chi connectivity index (χ2n) is 8.65. The molecule has 1 unspecified atom stereocenters. The summed E-state index contributed by atoms with van der Waals surface area (Å²) in [5, 5.41) is 17.9. The molecule has 2 heterocycles. The topological polar surface area (TPSA) is 77.4 Å². The average molecular weight is 494 g/mol. The maximum absolute atomic E-state index is 15.1.